The van der Waals surface area contributed by atoms with Gasteiger partial charge in [-0.15, -0.1) is 11.3 Å². The van der Waals surface area contributed by atoms with Crippen molar-refractivity contribution < 1.29 is 0 Å². The van der Waals surface area contributed by atoms with Gasteiger partial charge >= 0.3 is 0 Å². The molecule has 0 N–H and O–H groups in total. The number of rotatable bonds is 2. The molecule has 2 aromatic rings. The lowest BCUT2D eigenvalue weighted by Gasteiger charge is -2.15. The molecule has 0 unspecified atom stereocenters. The summed E-state index contributed by atoms with van der Waals surface area (Å²) in [5, 5.41) is 0. The standard InChI is InChI=1S/C15H13BrN2S/c16-14-6-5-13(19-14)9-11-3-2-8-18-15(11)12-4-1-7-17-10-12/h1,4-7,9-10H,2-3,8H2. The van der Waals surface area contributed by atoms with Crippen molar-refractivity contribution in [3.8, 4) is 0 Å². The monoisotopic (exact) mass is 332 g/mol. The van der Waals surface area contributed by atoms with Crippen LogP contribution in [0, 0.1) is 0 Å². The maximum Gasteiger partial charge on any atom is 0.0704 e. The van der Waals surface area contributed by atoms with E-state index >= 15 is 0 Å². The van der Waals surface area contributed by atoms with Crippen LogP contribution in [0.2, 0.25) is 0 Å². The molecule has 96 valence electrons. The Balaban J connectivity index is 1.98. The highest BCUT2D eigenvalue weighted by Gasteiger charge is 2.14. The SMILES string of the molecule is Brc1ccc(C=C2CCCN=C2c2cccnc2)s1. The molecule has 3 heterocycles. The van der Waals surface area contributed by atoms with Crippen molar-refractivity contribution in [3.63, 3.8) is 0 Å². The number of allylic oxidation sites excluding steroid dienone is 1. The average molecular weight is 333 g/mol. The molecule has 19 heavy (non-hydrogen) atoms. The van der Waals surface area contributed by atoms with Crippen molar-refractivity contribution in [1.29, 1.82) is 0 Å². The van der Waals surface area contributed by atoms with Gasteiger partial charge in [-0.3, -0.25) is 9.98 Å². The van der Waals surface area contributed by atoms with Crippen LogP contribution in [0.3, 0.4) is 0 Å². The van der Waals surface area contributed by atoms with E-state index in [-0.39, 0.29) is 0 Å². The molecule has 3 rings (SSSR count). The molecule has 0 radical (unpaired) electrons. The van der Waals surface area contributed by atoms with E-state index < -0.39 is 0 Å². The number of aromatic nitrogens is 1. The van der Waals surface area contributed by atoms with Gasteiger partial charge in [0.05, 0.1) is 9.50 Å². The average Bonchev–Trinajstić information content (AvgIpc) is 2.86. The summed E-state index contributed by atoms with van der Waals surface area (Å²) in [5.74, 6) is 0. The molecule has 0 atom stereocenters. The fourth-order valence-corrected chi connectivity index (χ4v) is 3.57. The van der Waals surface area contributed by atoms with Crippen molar-refractivity contribution in [3.05, 3.63) is 56.5 Å². The maximum atomic E-state index is 4.69. The molecule has 0 aliphatic carbocycles. The van der Waals surface area contributed by atoms with Gasteiger partial charge in [-0.05, 0) is 64.7 Å². The summed E-state index contributed by atoms with van der Waals surface area (Å²) in [6.07, 6.45) is 8.15. The van der Waals surface area contributed by atoms with Crippen LogP contribution in [0.1, 0.15) is 23.3 Å². The Kier molecular flexibility index (Phi) is 3.89. The van der Waals surface area contributed by atoms with Crippen LogP contribution in [-0.4, -0.2) is 17.2 Å². The number of hydrogen-bond acceptors (Lipinski definition) is 3. The van der Waals surface area contributed by atoms with Crippen LogP contribution in [0.15, 0.2) is 51.0 Å². The predicted molar refractivity (Wildman–Crippen MR) is 84.9 cm³/mol. The molecule has 0 spiro atoms. The van der Waals surface area contributed by atoms with Crippen molar-refractivity contribution in [2.75, 3.05) is 6.54 Å². The summed E-state index contributed by atoms with van der Waals surface area (Å²) in [6, 6.07) is 8.26. The first kappa shape index (κ1) is 12.8. The lowest BCUT2D eigenvalue weighted by molar-refractivity contribution is 0.818. The van der Waals surface area contributed by atoms with Crippen molar-refractivity contribution in [1.82, 2.24) is 4.98 Å². The minimum Gasteiger partial charge on any atom is -0.284 e. The Bertz CT molecular complexity index is 629. The van der Waals surface area contributed by atoms with Crippen LogP contribution in [0.4, 0.5) is 0 Å². The smallest absolute Gasteiger partial charge is 0.0704 e. The fourth-order valence-electron chi connectivity index (χ4n) is 2.18. The molecule has 1 aliphatic heterocycles. The molecule has 0 aromatic carbocycles. The number of pyridine rings is 1. The molecule has 2 nitrogen and oxygen atoms in total. The van der Waals surface area contributed by atoms with Crippen LogP contribution in [0.5, 0.6) is 0 Å². The highest BCUT2D eigenvalue weighted by atomic mass is 79.9. The molecule has 1 aliphatic rings. The van der Waals surface area contributed by atoms with Crippen molar-refractivity contribution >= 4 is 39.1 Å². The van der Waals surface area contributed by atoms with E-state index in [4.69, 9.17) is 0 Å². The Morgan fingerprint density at radius 2 is 2.21 bits per heavy atom. The minimum atomic E-state index is 0.912. The van der Waals surface area contributed by atoms with Gasteiger partial charge in [0.2, 0.25) is 0 Å². The van der Waals surface area contributed by atoms with Gasteiger partial charge in [-0.1, -0.05) is 0 Å². The third kappa shape index (κ3) is 3.01. The quantitative estimate of drug-likeness (QED) is 0.790. The van der Waals surface area contributed by atoms with Gasteiger partial charge in [-0.25, -0.2) is 0 Å². The molecule has 0 amide bonds. The number of nitrogens with zero attached hydrogens (tertiary/aromatic N) is 2. The largest absolute Gasteiger partial charge is 0.284 e. The second kappa shape index (κ2) is 5.80. The molecule has 0 bridgehead atoms. The topological polar surface area (TPSA) is 25.2 Å². The Labute approximate surface area is 125 Å². The number of thiophene rings is 1. The second-order valence-electron chi connectivity index (χ2n) is 4.39. The highest BCUT2D eigenvalue weighted by Crippen LogP contribution is 2.27. The van der Waals surface area contributed by atoms with Gasteiger partial charge in [0.1, 0.15) is 0 Å². The van der Waals surface area contributed by atoms with E-state index in [1.165, 1.54) is 10.5 Å². The van der Waals surface area contributed by atoms with E-state index in [0.717, 1.165) is 34.4 Å². The Morgan fingerprint density at radius 1 is 1.26 bits per heavy atom. The molecule has 0 fully saturated rings. The van der Waals surface area contributed by atoms with Gasteiger partial charge < -0.3 is 0 Å². The molecule has 4 heteroatoms. The lowest BCUT2D eigenvalue weighted by atomic mass is 9.96. The van der Waals surface area contributed by atoms with E-state index in [2.05, 4.69) is 50.2 Å². The first-order valence-corrected chi connectivity index (χ1v) is 7.85. The Hall–Kier alpha value is -1.26. The van der Waals surface area contributed by atoms with E-state index in [1.54, 1.807) is 17.5 Å². The van der Waals surface area contributed by atoms with E-state index in [0.29, 0.717) is 0 Å². The Morgan fingerprint density at radius 3 is 2.95 bits per heavy atom. The summed E-state index contributed by atoms with van der Waals surface area (Å²) in [5.41, 5.74) is 3.53. The zero-order chi connectivity index (χ0) is 13.1. The number of halogens is 1. The first-order valence-electron chi connectivity index (χ1n) is 6.24. The molecular formula is C15H13BrN2S. The predicted octanol–water partition coefficient (Wildman–Crippen LogP) is 4.57. The van der Waals surface area contributed by atoms with Gasteiger partial charge in [-0.2, -0.15) is 0 Å². The van der Waals surface area contributed by atoms with Crippen LogP contribution in [-0.2, 0) is 0 Å². The molecule has 2 aromatic heterocycles. The van der Waals surface area contributed by atoms with Crippen molar-refractivity contribution in [2.24, 2.45) is 4.99 Å². The van der Waals surface area contributed by atoms with E-state index in [9.17, 15) is 0 Å². The summed E-state index contributed by atoms with van der Waals surface area (Å²) in [7, 11) is 0. The zero-order valence-corrected chi connectivity index (χ0v) is 12.7. The summed E-state index contributed by atoms with van der Waals surface area (Å²) < 4.78 is 1.16. The number of hydrogen-bond donors (Lipinski definition) is 0. The second-order valence-corrected chi connectivity index (χ2v) is 6.88. The molecular weight excluding hydrogens is 320 g/mol. The van der Waals surface area contributed by atoms with Crippen LogP contribution >= 0.6 is 27.3 Å². The van der Waals surface area contributed by atoms with E-state index in [1.807, 2.05) is 12.3 Å². The summed E-state index contributed by atoms with van der Waals surface area (Å²) in [4.78, 5) is 10.1. The first-order chi connectivity index (χ1) is 9.33. The third-order valence-electron chi connectivity index (χ3n) is 3.02. The normalized spacial score (nSPS) is 17.5. The lowest BCUT2D eigenvalue weighted by Crippen LogP contribution is -2.11. The van der Waals surface area contributed by atoms with Crippen molar-refractivity contribution in [2.45, 2.75) is 12.8 Å². The van der Waals surface area contributed by atoms with Crippen LogP contribution < -0.4 is 0 Å². The maximum absolute atomic E-state index is 4.69. The molecule has 0 saturated carbocycles. The highest BCUT2D eigenvalue weighted by molar-refractivity contribution is 9.11. The van der Waals surface area contributed by atoms with Gasteiger partial charge in [0.15, 0.2) is 0 Å². The minimum absolute atomic E-state index is 0.912. The van der Waals surface area contributed by atoms with Gasteiger partial charge in [0.25, 0.3) is 0 Å². The molecule has 0 saturated heterocycles. The third-order valence-corrected chi connectivity index (χ3v) is 4.59. The fraction of sp³-hybridized carbons (Fsp3) is 0.200. The number of aliphatic imine (C=N–C) groups is 1. The van der Waals surface area contributed by atoms with Crippen LogP contribution in [0.25, 0.3) is 6.08 Å². The summed E-state index contributed by atoms with van der Waals surface area (Å²) >= 11 is 5.25. The van der Waals surface area contributed by atoms with Gasteiger partial charge in [0, 0.05) is 29.4 Å². The summed E-state index contributed by atoms with van der Waals surface area (Å²) in [6.45, 7) is 0.912. The zero-order valence-electron chi connectivity index (χ0n) is 10.3.